The van der Waals surface area contributed by atoms with Crippen molar-refractivity contribution in [3.63, 3.8) is 0 Å². The zero-order valence-electron chi connectivity index (χ0n) is 16.2. The van der Waals surface area contributed by atoms with Gasteiger partial charge in [0.05, 0.1) is 11.7 Å². The molecule has 26 heavy (non-hydrogen) atoms. The predicted molar refractivity (Wildman–Crippen MR) is 96.2 cm³/mol. The minimum absolute atomic E-state index is 0.0620. The minimum Gasteiger partial charge on any atom is -0.458 e. The van der Waals surface area contributed by atoms with Gasteiger partial charge in [-0.25, -0.2) is 0 Å². The summed E-state index contributed by atoms with van der Waals surface area (Å²) in [6, 6.07) is 1.49. The zero-order chi connectivity index (χ0) is 19.1. The summed E-state index contributed by atoms with van der Waals surface area (Å²) in [5.41, 5.74) is -1.06. The molecule has 3 aliphatic rings. The van der Waals surface area contributed by atoms with E-state index in [-0.39, 0.29) is 34.9 Å². The molecule has 5 atom stereocenters. The van der Waals surface area contributed by atoms with Crippen LogP contribution in [0.5, 0.6) is 5.95 Å². The molecule has 0 saturated heterocycles. The van der Waals surface area contributed by atoms with Crippen LogP contribution in [0.4, 0.5) is 0 Å². The molecule has 1 aliphatic heterocycles. The molecule has 0 spiro atoms. The molecule has 5 heteroatoms. The van der Waals surface area contributed by atoms with E-state index >= 15 is 0 Å². The number of hydrogen-bond donors (Lipinski definition) is 1. The fraction of sp³-hybridized carbons (Fsp3) is 0.714. The summed E-state index contributed by atoms with van der Waals surface area (Å²) in [7, 11) is 0. The number of aryl methyl sites for hydroxylation is 1. The van der Waals surface area contributed by atoms with Gasteiger partial charge in [-0.15, -0.1) is 0 Å². The maximum Gasteiger partial charge on any atom is 0.292 e. The lowest BCUT2D eigenvalue weighted by molar-refractivity contribution is -0.197. The third-order valence-electron chi connectivity index (χ3n) is 7.72. The second-order valence-electron chi connectivity index (χ2n) is 9.50. The number of Topliss-reactive ketones (excluding diaryl/α,β-unsaturated/α-hetero) is 1. The first-order valence-corrected chi connectivity index (χ1v) is 9.54. The third kappa shape index (κ3) is 2.13. The van der Waals surface area contributed by atoms with Crippen LogP contribution >= 0.6 is 0 Å². The number of ether oxygens (including phenoxy) is 1. The SMILES string of the molecule is Cc1cc(=O)c2c(o1)O[C@@]1(C)CC[C@H]3C(C)(C)[C@H](O)CC(=O)[C@]3(C)[C@@H]1C2. The third-order valence-corrected chi connectivity index (χ3v) is 7.72. The summed E-state index contributed by atoms with van der Waals surface area (Å²) < 4.78 is 12.0. The molecule has 0 amide bonds. The summed E-state index contributed by atoms with van der Waals surface area (Å²) in [6.45, 7) is 9.93. The van der Waals surface area contributed by atoms with E-state index in [2.05, 4.69) is 13.8 Å². The first-order chi connectivity index (χ1) is 12.0. The molecule has 1 N–H and O–H groups in total. The van der Waals surface area contributed by atoms with Gasteiger partial charge in [-0.1, -0.05) is 20.8 Å². The number of aliphatic hydroxyl groups is 1. The maximum absolute atomic E-state index is 13.2. The first-order valence-electron chi connectivity index (χ1n) is 9.54. The topological polar surface area (TPSA) is 76.7 Å². The summed E-state index contributed by atoms with van der Waals surface area (Å²) in [6.07, 6.45) is 1.62. The molecule has 2 heterocycles. The monoisotopic (exact) mass is 360 g/mol. The van der Waals surface area contributed by atoms with Gasteiger partial charge in [-0.05, 0) is 44.4 Å². The fourth-order valence-corrected chi connectivity index (χ4v) is 6.05. The molecule has 0 unspecified atom stereocenters. The van der Waals surface area contributed by atoms with E-state index in [1.807, 2.05) is 13.8 Å². The molecule has 2 aliphatic carbocycles. The quantitative estimate of drug-likeness (QED) is 0.769. The van der Waals surface area contributed by atoms with Crippen LogP contribution < -0.4 is 10.2 Å². The van der Waals surface area contributed by atoms with Crippen molar-refractivity contribution in [2.24, 2.45) is 22.7 Å². The molecule has 2 fully saturated rings. The second kappa shape index (κ2) is 5.22. The smallest absolute Gasteiger partial charge is 0.292 e. The normalized spacial score (nSPS) is 40.8. The summed E-state index contributed by atoms with van der Waals surface area (Å²) in [4.78, 5) is 25.7. The molecule has 2 saturated carbocycles. The molecule has 0 aromatic carbocycles. The van der Waals surface area contributed by atoms with Crippen molar-refractivity contribution in [1.29, 1.82) is 0 Å². The Morgan fingerprint density at radius 3 is 2.50 bits per heavy atom. The average molecular weight is 360 g/mol. The standard InChI is InChI=1S/C21H28O5/c1-11-8-13(22)12-9-15-20(4,26-18(12)25-11)7-6-14-19(2,3)16(23)10-17(24)21(14,15)5/h8,14-16,23H,6-7,9-10H2,1-5H3/t14-,15+,16+,20-,21-/m0/s1. The Balaban J connectivity index is 1.86. The van der Waals surface area contributed by atoms with E-state index in [4.69, 9.17) is 9.15 Å². The van der Waals surface area contributed by atoms with Crippen molar-refractivity contribution in [1.82, 2.24) is 0 Å². The fourth-order valence-electron chi connectivity index (χ4n) is 6.05. The largest absolute Gasteiger partial charge is 0.458 e. The number of rotatable bonds is 0. The maximum atomic E-state index is 13.2. The van der Waals surface area contributed by atoms with Crippen LogP contribution in [0.1, 0.15) is 58.3 Å². The van der Waals surface area contributed by atoms with E-state index in [0.29, 0.717) is 23.7 Å². The number of aliphatic hydroxyl groups excluding tert-OH is 1. The van der Waals surface area contributed by atoms with Gasteiger partial charge in [-0.2, -0.15) is 0 Å². The lowest BCUT2D eigenvalue weighted by Gasteiger charge is -2.62. The molecule has 1 aromatic heterocycles. The summed E-state index contributed by atoms with van der Waals surface area (Å²) in [5, 5.41) is 10.5. The lowest BCUT2D eigenvalue weighted by Crippen LogP contribution is -2.67. The van der Waals surface area contributed by atoms with Gasteiger partial charge >= 0.3 is 0 Å². The highest BCUT2D eigenvalue weighted by molar-refractivity contribution is 5.87. The van der Waals surface area contributed by atoms with Crippen molar-refractivity contribution in [3.05, 3.63) is 27.6 Å². The van der Waals surface area contributed by atoms with Gasteiger partial charge in [0.1, 0.15) is 17.1 Å². The number of fused-ring (bicyclic) bond motifs is 4. The van der Waals surface area contributed by atoms with Gasteiger partial charge in [-0.3, -0.25) is 9.59 Å². The Labute approximate surface area is 153 Å². The van der Waals surface area contributed by atoms with Gasteiger partial charge in [0.25, 0.3) is 5.95 Å². The van der Waals surface area contributed by atoms with Crippen molar-refractivity contribution >= 4 is 5.78 Å². The van der Waals surface area contributed by atoms with Gasteiger partial charge < -0.3 is 14.3 Å². The molecule has 1 aromatic rings. The molecular weight excluding hydrogens is 332 g/mol. The zero-order valence-corrected chi connectivity index (χ0v) is 16.2. The van der Waals surface area contributed by atoms with Crippen molar-refractivity contribution in [3.8, 4) is 5.95 Å². The Morgan fingerprint density at radius 2 is 1.81 bits per heavy atom. The van der Waals surface area contributed by atoms with Crippen molar-refractivity contribution in [2.75, 3.05) is 0 Å². The van der Waals surface area contributed by atoms with Crippen LogP contribution in [0, 0.1) is 29.6 Å². The summed E-state index contributed by atoms with van der Waals surface area (Å²) in [5.74, 6) is 0.902. The van der Waals surface area contributed by atoms with E-state index < -0.39 is 17.1 Å². The Kier molecular flexibility index (Phi) is 3.57. The van der Waals surface area contributed by atoms with Crippen LogP contribution in [0.15, 0.2) is 15.3 Å². The molecule has 0 radical (unpaired) electrons. The molecular formula is C21H28O5. The van der Waals surface area contributed by atoms with E-state index in [1.54, 1.807) is 6.92 Å². The van der Waals surface area contributed by atoms with Crippen LogP contribution in [0.2, 0.25) is 0 Å². The summed E-state index contributed by atoms with van der Waals surface area (Å²) >= 11 is 0. The highest BCUT2D eigenvalue weighted by atomic mass is 16.6. The van der Waals surface area contributed by atoms with E-state index in [9.17, 15) is 14.7 Å². The van der Waals surface area contributed by atoms with Gasteiger partial charge in [0.15, 0.2) is 5.43 Å². The highest BCUT2D eigenvalue weighted by Crippen LogP contribution is 2.63. The van der Waals surface area contributed by atoms with E-state index in [0.717, 1.165) is 12.8 Å². The lowest BCUT2D eigenvalue weighted by atomic mass is 9.43. The minimum atomic E-state index is -0.623. The van der Waals surface area contributed by atoms with Crippen LogP contribution in [0.25, 0.3) is 0 Å². The van der Waals surface area contributed by atoms with Crippen LogP contribution in [-0.2, 0) is 11.2 Å². The van der Waals surface area contributed by atoms with Crippen molar-refractivity contribution in [2.45, 2.75) is 72.0 Å². The molecule has 5 nitrogen and oxygen atoms in total. The Bertz CT molecular complexity index is 837. The van der Waals surface area contributed by atoms with E-state index in [1.165, 1.54) is 6.07 Å². The van der Waals surface area contributed by atoms with Gasteiger partial charge in [0.2, 0.25) is 0 Å². The van der Waals surface area contributed by atoms with Crippen molar-refractivity contribution < 1.29 is 19.1 Å². The molecule has 0 bridgehead atoms. The highest BCUT2D eigenvalue weighted by Gasteiger charge is 2.66. The van der Waals surface area contributed by atoms with Crippen LogP contribution in [0.3, 0.4) is 0 Å². The second-order valence-corrected chi connectivity index (χ2v) is 9.50. The average Bonchev–Trinajstić information content (AvgIpc) is 2.51. The van der Waals surface area contributed by atoms with Gasteiger partial charge in [0, 0.05) is 23.8 Å². The predicted octanol–water partition coefficient (Wildman–Crippen LogP) is 3.03. The van der Waals surface area contributed by atoms with Crippen LogP contribution in [-0.4, -0.2) is 22.6 Å². The first kappa shape index (κ1) is 17.8. The number of ketones is 1. The number of carbonyl (C=O) groups excluding carboxylic acids is 1. The Hall–Kier alpha value is -1.62. The molecule has 142 valence electrons. The Morgan fingerprint density at radius 1 is 1.12 bits per heavy atom. The number of hydrogen-bond acceptors (Lipinski definition) is 5. The molecule has 4 rings (SSSR count). The number of carbonyl (C=O) groups is 1.